The second-order valence-corrected chi connectivity index (χ2v) is 7.16. The van der Waals surface area contributed by atoms with Crippen molar-refractivity contribution in [2.24, 2.45) is 0 Å². The van der Waals surface area contributed by atoms with E-state index in [4.69, 9.17) is 4.74 Å². The van der Waals surface area contributed by atoms with Gasteiger partial charge in [-0.25, -0.2) is 0 Å². The maximum Gasteiger partial charge on any atom is 0.305 e. The summed E-state index contributed by atoms with van der Waals surface area (Å²) in [5.41, 5.74) is 0. The van der Waals surface area contributed by atoms with Crippen LogP contribution in [0.3, 0.4) is 0 Å². The molecule has 0 fully saturated rings. The predicted molar refractivity (Wildman–Crippen MR) is 113 cm³/mol. The van der Waals surface area contributed by atoms with E-state index in [2.05, 4.69) is 17.7 Å². The van der Waals surface area contributed by atoms with Gasteiger partial charge in [-0.1, -0.05) is 57.3 Å². The molecule has 0 saturated carbocycles. The lowest BCUT2D eigenvalue weighted by Gasteiger charge is -2.11. The summed E-state index contributed by atoms with van der Waals surface area (Å²) in [7, 11) is 0. The third-order valence-electron chi connectivity index (χ3n) is 4.22. The summed E-state index contributed by atoms with van der Waals surface area (Å²) in [6.07, 6.45) is 16.5. The lowest BCUT2D eigenvalue weighted by Crippen LogP contribution is -2.24. The highest BCUT2D eigenvalue weighted by atomic mass is 16.6. The number of carbonyl (C=O) groups is 3. The third-order valence-corrected chi connectivity index (χ3v) is 4.22. The maximum absolute atomic E-state index is 11.7. The number of ether oxygens (including phenoxy) is 2. The Morgan fingerprint density at radius 2 is 1.52 bits per heavy atom. The van der Waals surface area contributed by atoms with Crippen molar-refractivity contribution in [2.45, 2.75) is 90.6 Å². The molecule has 0 radical (unpaired) electrons. The van der Waals surface area contributed by atoms with E-state index in [1.165, 1.54) is 26.2 Å². The van der Waals surface area contributed by atoms with Gasteiger partial charge in [0.05, 0.1) is 0 Å². The van der Waals surface area contributed by atoms with Crippen LogP contribution in [-0.2, 0) is 23.9 Å². The molecule has 0 unspecified atom stereocenters. The summed E-state index contributed by atoms with van der Waals surface area (Å²) < 4.78 is 9.55. The Hall–Kier alpha value is -1.95. The van der Waals surface area contributed by atoms with E-state index in [1.807, 2.05) is 12.2 Å². The van der Waals surface area contributed by atoms with Crippen molar-refractivity contribution in [1.82, 2.24) is 0 Å². The number of esters is 2. The van der Waals surface area contributed by atoms with Crippen molar-refractivity contribution in [3.05, 3.63) is 24.3 Å². The topological polar surface area (TPSA) is 89.9 Å². The summed E-state index contributed by atoms with van der Waals surface area (Å²) in [4.78, 5) is 33.9. The van der Waals surface area contributed by atoms with Gasteiger partial charge in [0, 0.05) is 19.8 Å². The van der Waals surface area contributed by atoms with Crippen LogP contribution in [0.4, 0.5) is 0 Å². The largest absolute Gasteiger partial charge is 0.463 e. The molecule has 29 heavy (non-hydrogen) atoms. The molecule has 1 N–H and O–H groups in total. The lowest BCUT2D eigenvalue weighted by atomic mass is 10.1. The Balaban J connectivity index is 3.54. The molecule has 0 aromatic rings. The number of aliphatic hydroxyl groups excluding tert-OH is 1. The third kappa shape index (κ3) is 20.6. The Labute approximate surface area is 175 Å². The molecule has 0 bridgehead atoms. The van der Waals surface area contributed by atoms with Gasteiger partial charge in [-0.05, 0) is 31.8 Å². The van der Waals surface area contributed by atoms with E-state index < -0.39 is 12.1 Å². The van der Waals surface area contributed by atoms with Crippen LogP contribution in [-0.4, -0.2) is 42.1 Å². The summed E-state index contributed by atoms with van der Waals surface area (Å²) in [6.45, 7) is 3.08. The molecule has 0 aromatic carbocycles. The Bertz CT molecular complexity index is 509. The molecule has 0 heterocycles. The SMILES string of the molecule is CCCCC/C=C\C=C\C(=O)CCCCCCCC(=O)OC[C@@H](O)COC(C)=O. The number of rotatable bonds is 18. The fourth-order valence-electron chi connectivity index (χ4n) is 2.56. The van der Waals surface area contributed by atoms with Gasteiger partial charge in [0.2, 0.25) is 0 Å². The standard InChI is InChI=1S/C23H38O6/c1-3-4-5-6-7-9-12-15-21(25)16-13-10-8-11-14-17-23(27)29-19-22(26)18-28-20(2)24/h7,9,12,15,22,26H,3-6,8,10-11,13-14,16-19H2,1-2H3/b9-7-,15-12+/t22-/m0/s1. The van der Waals surface area contributed by atoms with Gasteiger partial charge in [-0.2, -0.15) is 0 Å². The highest BCUT2D eigenvalue weighted by Crippen LogP contribution is 2.09. The molecule has 166 valence electrons. The van der Waals surface area contributed by atoms with E-state index in [-0.39, 0.29) is 25.0 Å². The fraction of sp³-hybridized carbons (Fsp3) is 0.696. The molecule has 0 rings (SSSR count). The second-order valence-electron chi connectivity index (χ2n) is 7.16. The second kappa shape index (κ2) is 19.4. The highest BCUT2D eigenvalue weighted by Gasteiger charge is 2.10. The summed E-state index contributed by atoms with van der Waals surface area (Å²) in [5, 5.41) is 9.48. The Morgan fingerprint density at radius 1 is 0.862 bits per heavy atom. The fourth-order valence-corrected chi connectivity index (χ4v) is 2.56. The van der Waals surface area contributed by atoms with E-state index in [0.29, 0.717) is 12.8 Å². The van der Waals surface area contributed by atoms with Gasteiger partial charge < -0.3 is 14.6 Å². The van der Waals surface area contributed by atoms with Gasteiger partial charge in [0.1, 0.15) is 19.3 Å². The predicted octanol–water partition coefficient (Wildman–Crippen LogP) is 4.45. The average molecular weight is 411 g/mol. The summed E-state index contributed by atoms with van der Waals surface area (Å²) in [6, 6.07) is 0. The number of hydrogen-bond acceptors (Lipinski definition) is 6. The first kappa shape index (κ1) is 27.0. The van der Waals surface area contributed by atoms with Crippen LogP contribution in [0, 0.1) is 0 Å². The molecule has 0 aliphatic heterocycles. The number of unbranched alkanes of at least 4 members (excludes halogenated alkanes) is 7. The minimum atomic E-state index is -0.994. The quantitative estimate of drug-likeness (QED) is 0.155. The molecule has 6 nitrogen and oxygen atoms in total. The van der Waals surface area contributed by atoms with Crippen molar-refractivity contribution in [1.29, 1.82) is 0 Å². The first-order valence-electron chi connectivity index (χ1n) is 10.8. The average Bonchev–Trinajstić information content (AvgIpc) is 2.69. The molecular weight excluding hydrogens is 372 g/mol. The molecule has 6 heteroatoms. The first-order chi connectivity index (χ1) is 14.0. The van der Waals surface area contributed by atoms with Gasteiger partial charge in [0.15, 0.2) is 5.78 Å². The van der Waals surface area contributed by atoms with Gasteiger partial charge in [0.25, 0.3) is 0 Å². The Kier molecular flexibility index (Phi) is 18.1. The van der Waals surface area contributed by atoms with Crippen LogP contribution in [0.5, 0.6) is 0 Å². The molecular formula is C23H38O6. The van der Waals surface area contributed by atoms with Crippen LogP contribution in [0.25, 0.3) is 0 Å². The van der Waals surface area contributed by atoms with Crippen LogP contribution >= 0.6 is 0 Å². The number of allylic oxidation sites excluding steroid dienone is 4. The molecule has 0 spiro atoms. The van der Waals surface area contributed by atoms with E-state index in [9.17, 15) is 19.5 Å². The summed E-state index contributed by atoms with van der Waals surface area (Å²) in [5.74, 6) is -0.697. The number of carbonyl (C=O) groups excluding carboxylic acids is 3. The van der Waals surface area contributed by atoms with Crippen molar-refractivity contribution in [3.8, 4) is 0 Å². The van der Waals surface area contributed by atoms with E-state index in [0.717, 1.165) is 38.5 Å². The zero-order valence-corrected chi connectivity index (χ0v) is 18.1. The van der Waals surface area contributed by atoms with Crippen LogP contribution in [0.15, 0.2) is 24.3 Å². The van der Waals surface area contributed by atoms with Gasteiger partial charge in [-0.3, -0.25) is 14.4 Å². The monoisotopic (exact) mass is 410 g/mol. The van der Waals surface area contributed by atoms with Crippen molar-refractivity contribution >= 4 is 17.7 Å². The van der Waals surface area contributed by atoms with Crippen molar-refractivity contribution < 1.29 is 29.0 Å². The van der Waals surface area contributed by atoms with Crippen molar-refractivity contribution in [3.63, 3.8) is 0 Å². The molecule has 0 aliphatic rings. The molecule has 0 aromatic heterocycles. The summed E-state index contributed by atoms with van der Waals surface area (Å²) >= 11 is 0. The molecule has 0 amide bonds. The van der Waals surface area contributed by atoms with E-state index >= 15 is 0 Å². The minimum absolute atomic E-state index is 0.152. The van der Waals surface area contributed by atoms with Crippen LogP contribution in [0.2, 0.25) is 0 Å². The number of hydrogen-bond donors (Lipinski definition) is 1. The normalized spacial score (nSPS) is 12.4. The van der Waals surface area contributed by atoms with Crippen LogP contribution in [0.1, 0.15) is 84.5 Å². The Morgan fingerprint density at radius 3 is 2.21 bits per heavy atom. The highest BCUT2D eigenvalue weighted by molar-refractivity contribution is 5.89. The van der Waals surface area contributed by atoms with Crippen LogP contribution < -0.4 is 0 Å². The van der Waals surface area contributed by atoms with Crippen molar-refractivity contribution in [2.75, 3.05) is 13.2 Å². The van der Waals surface area contributed by atoms with E-state index in [1.54, 1.807) is 6.08 Å². The number of aliphatic hydroxyl groups is 1. The minimum Gasteiger partial charge on any atom is -0.463 e. The first-order valence-corrected chi connectivity index (χ1v) is 10.8. The zero-order valence-electron chi connectivity index (χ0n) is 18.1. The maximum atomic E-state index is 11.7. The van der Waals surface area contributed by atoms with Gasteiger partial charge >= 0.3 is 11.9 Å². The number of ketones is 1. The zero-order chi connectivity index (χ0) is 21.7. The lowest BCUT2D eigenvalue weighted by molar-refractivity contribution is -0.151. The van der Waals surface area contributed by atoms with Gasteiger partial charge in [-0.15, -0.1) is 0 Å². The molecule has 0 aliphatic carbocycles. The molecule has 1 atom stereocenters. The molecule has 0 saturated heterocycles. The smallest absolute Gasteiger partial charge is 0.305 e.